The molecule has 1 rings (SSSR count). The lowest BCUT2D eigenvalue weighted by Gasteiger charge is -2.19. The van der Waals surface area contributed by atoms with Gasteiger partial charge in [-0.3, -0.25) is 0 Å². The van der Waals surface area contributed by atoms with E-state index in [2.05, 4.69) is 28.2 Å². The maximum absolute atomic E-state index is 5.93. The van der Waals surface area contributed by atoms with Crippen molar-refractivity contribution in [3.8, 4) is 0 Å². The second-order valence-corrected chi connectivity index (χ2v) is 4.73. The van der Waals surface area contributed by atoms with Crippen molar-refractivity contribution in [2.75, 3.05) is 24.8 Å². The molecule has 0 bridgehead atoms. The van der Waals surface area contributed by atoms with Crippen LogP contribution in [0.4, 0.5) is 11.4 Å². The maximum atomic E-state index is 5.93. The fourth-order valence-corrected chi connectivity index (χ4v) is 2.01. The minimum absolute atomic E-state index is 0.318. The highest BCUT2D eigenvalue weighted by Gasteiger charge is 2.08. The molecule has 0 amide bonds. The lowest BCUT2D eigenvalue weighted by atomic mass is 10.1. The number of halogens is 1. The Morgan fingerprint density at radius 3 is 2.81 bits per heavy atom. The molecule has 16 heavy (non-hydrogen) atoms. The number of methoxy groups -OCH3 is 1. The Morgan fingerprint density at radius 2 is 2.25 bits per heavy atom. The zero-order valence-corrected chi connectivity index (χ0v) is 11.4. The van der Waals surface area contributed by atoms with Gasteiger partial charge in [0.15, 0.2) is 0 Å². The first-order valence-electron chi connectivity index (χ1n) is 5.47. The molecule has 3 nitrogen and oxygen atoms in total. The summed E-state index contributed by atoms with van der Waals surface area (Å²) in [6, 6.07) is 6.18. The first-order chi connectivity index (χ1) is 7.67. The average molecular weight is 287 g/mol. The van der Waals surface area contributed by atoms with Gasteiger partial charge in [-0.1, -0.05) is 29.3 Å². The van der Waals surface area contributed by atoms with Crippen LogP contribution < -0.4 is 11.1 Å². The van der Waals surface area contributed by atoms with Gasteiger partial charge in [-0.05, 0) is 24.6 Å². The molecular formula is C12H19BrN2O. The molecule has 0 spiro atoms. The molecule has 0 aliphatic rings. The molecule has 0 aliphatic heterocycles. The monoisotopic (exact) mass is 286 g/mol. The third kappa shape index (κ3) is 4.02. The Bertz CT molecular complexity index is 325. The van der Waals surface area contributed by atoms with E-state index in [1.54, 1.807) is 7.11 Å². The topological polar surface area (TPSA) is 47.3 Å². The zero-order chi connectivity index (χ0) is 12.0. The molecule has 0 fully saturated rings. The van der Waals surface area contributed by atoms with E-state index >= 15 is 0 Å². The van der Waals surface area contributed by atoms with Crippen molar-refractivity contribution < 1.29 is 4.74 Å². The number of nitrogen functional groups attached to an aromatic ring is 1. The molecule has 3 N–H and O–H groups in total. The molecule has 1 atom stereocenters. The molecule has 0 saturated heterocycles. The summed E-state index contributed by atoms with van der Waals surface area (Å²) in [5.74, 6) is 0. The summed E-state index contributed by atoms with van der Waals surface area (Å²) < 4.78 is 6.17. The molecule has 1 aromatic rings. The molecule has 4 heteroatoms. The normalized spacial score (nSPS) is 12.4. The van der Waals surface area contributed by atoms with E-state index in [0.717, 1.165) is 28.7 Å². The maximum Gasteiger partial charge on any atom is 0.0664 e. The summed E-state index contributed by atoms with van der Waals surface area (Å²) in [6.45, 7) is 2.86. The van der Waals surface area contributed by atoms with Crippen molar-refractivity contribution in [3.63, 3.8) is 0 Å². The van der Waals surface area contributed by atoms with E-state index in [1.807, 2.05) is 18.2 Å². The van der Waals surface area contributed by atoms with Crippen LogP contribution in [0.3, 0.4) is 0 Å². The third-order valence-electron chi connectivity index (χ3n) is 2.38. The van der Waals surface area contributed by atoms with E-state index in [-0.39, 0.29) is 0 Å². The number of nitrogens with one attached hydrogen (secondary N) is 1. The molecule has 1 aromatic carbocycles. The van der Waals surface area contributed by atoms with Crippen LogP contribution >= 0.6 is 15.9 Å². The van der Waals surface area contributed by atoms with Crippen molar-refractivity contribution in [3.05, 3.63) is 22.7 Å². The second kappa shape index (κ2) is 6.76. The predicted octanol–water partition coefficient (Wildman–Crippen LogP) is 3.26. The summed E-state index contributed by atoms with van der Waals surface area (Å²) in [4.78, 5) is 0. The van der Waals surface area contributed by atoms with Gasteiger partial charge in [0.2, 0.25) is 0 Å². The molecule has 0 heterocycles. The summed E-state index contributed by atoms with van der Waals surface area (Å²) in [7, 11) is 1.72. The number of ether oxygens (including phenoxy) is 1. The van der Waals surface area contributed by atoms with Crippen LogP contribution in [0.15, 0.2) is 22.7 Å². The summed E-state index contributed by atoms with van der Waals surface area (Å²) in [6.07, 6.45) is 2.20. The molecular weight excluding hydrogens is 268 g/mol. The van der Waals surface area contributed by atoms with E-state index in [9.17, 15) is 0 Å². The minimum atomic E-state index is 0.318. The fourth-order valence-electron chi connectivity index (χ4n) is 1.63. The third-order valence-corrected chi connectivity index (χ3v) is 2.87. The first-order valence-corrected chi connectivity index (χ1v) is 6.27. The highest BCUT2D eigenvalue weighted by Crippen LogP contribution is 2.24. The summed E-state index contributed by atoms with van der Waals surface area (Å²) in [5.41, 5.74) is 7.66. The van der Waals surface area contributed by atoms with Crippen molar-refractivity contribution in [2.45, 2.75) is 25.8 Å². The largest absolute Gasteiger partial charge is 0.397 e. The van der Waals surface area contributed by atoms with Gasteiger partial charge in [-0.25, -0.2) is 0 Å². The van der Waals surface area contributed by atoms with Gasteiger partial charge < -0.3 is 15.8 Å². The molecule has 0 saturated carbocycles. The van der Waals surface area contributed by atoms with Crippen LogP contribution in [0.1, 0.15) is 19.8 Å². The first kappa shape index (κ1) is 13.3. The van der Waals surface area contributed by atoms with Gasteiger partial charge >= 0.3 is 0 Å². The van der Waals surface area contributed by atoms with E-state index in [1.165, 1.54) is 0 Å². The van der Waals surface area contributed by atoms with Gasteiger partial charge in [-0.2, -0.15) is 0 Å². The number of hydrogen-bond acceptors (Lipinski definition) is 3. The standard InChI is InChI=1S/C12H19BrN2O/c1-3-4-10(8-16-2)15-12-6-5-9(13)7-11(12)14/h5-7,10,15H,3-4,8,14H2,1-2H3. The van der Waals surface area contributed by atoms with Crippen molar-refractivity contribution in [1.29, 1.82) is 0 Å². The van der Waals surface area contributed by atoms with Crippen LogP contribution in [0.5, 0.6) is 0 Å². The Morgan fingerprint density at radius 1 is 1.50 bits per heavy atom. The van der Waals surface area contributed by atoms with Gasteiger partial charge in [-0.15, -0.1) is 0 Å². The molecule has 0 aromatic heterocycles. The highest BCUT2D eigenvalue weighted by molar-refractivity contribution is 9.10. The molecule has 0 radical (unpaired) electrons. The lowest BCUT2D eigenvalue weighted by Crippen LogP contribution is -2.25. The molecule has 0 aliphatic carbocycles. The predicted molar refractivity (Wildman–Crippen MR) is 72.7 cm³/mol. The van der Waals surface area contributed by atoms with Crippen LogP contribution in [0.25, 0.3) is 0 Å². The number of rotatable bonds is 6. The van der Waals surface area contributed by atoms with E-state index < -0.39 is 0 Å². The van der Waals surface area contributed by atoms with Gasteiger partial charge in [0.05, 0.1) is 18.0 Å². The zero-order valence-electron chi connectivity index (χ0n) is 9.79. The minimum Gasteiger partial charge on any atom is -0.397 e. The number of hydrogen-bond donors (Lipinski definition) is 2. The van der Waals surface area contributed by atoms with Gasteiger partial charge in [0.1, 0.15) is 0 Å². The number of benzene rings is 1. The van der Waals surface area contributed by atoms with Crippen LogP contribution in [-0.4, -0.2) is 19.8 Å². The lowest BCUT2D eigenvalue weighted by molar-refractivity contribution is 0.182. The van der Waals surface area contributed by atoms with Crippen molar-refractivity contribution in [1.82, 2.24) is 0 Å². The summed E-state index contributed by atoms with van der Waals surface area (Å²) in [5, 5.41) is 3.41. The van der Waals surface area contributed by atoms with Crippen LogP contribution in [0.2, 0.25) is 0 Å². The average Bonchev–Trinajstić information content (AvgIpc) is 2.23. The quantitative estimate of drug-likeness (QED) is 0.789. The number of nitrogens with two attached hydrogens (primary N) is 1. The second-order valence-electron chi connectivity index (χ2n) is 3.82. The van der Waals surface area contributed by atoms with Gasteiger partial charge in [0, 0.05) is 17.6 Å². The van der Waals surface area contributed by atoms with E-state index in [4.69, 9.17) is 10.5 Å². The Labute approximate surface area is 105 Å². The van der Waals surface area contributed by atoms with E-state index in [0.29, 0.717) is 12.6 Å². The van der Waals surface area contributed by atoms with Crippen LogP contribution in [0, 0.1) is 0 Å². The smallest absolute Gasteiger partial charge is 0.0664 e. The molecule has 90 valence electrons. The van der Waals surface area contributed by atoms with Crippen molar-refractivity contribution >= 4 is 27.3 Å². The fraction of sp³-hybridized carbons (Fsp3) is 0.500. The summed E-state index contributed by atoms with van der Waals surface area (Å²) >= 11 is 3.39. The van der Waals surface area contributed by atoms with Crippen LogP contribution in [-0.2, 0) is 4.74 Å². The van der Waals surface area contributed by atoms with Crippen molar-refractivity contribution in [2.24, 2.45) is 0 Å². The molecule has 1 unspecified atom stereocenters. The Kier molecular flexibility index (Phi) is 5.63. The highest BCUT2D eigenvalue weighted by atomic mass is 79.9. The Hall–Kier alpha value is -0.740. The SMILES string of the molecule is CCCC(COC)Nc1ccc(Br)cc1N. The Balaban J connectivity index is 2.68. The number of anilines is 2. The van der Waals surface area contributed by atoms with Gasteiger partial charge in [0.25, 0.3) is 0 Å².